The van der Waals surface area contributed by atoms with Crippen molar-refractivity contribution in [2.45, 2.75) is 6.54 Å². The molecule has 8 heteroatoms. The van der Waals surface area contributed by atoms with Crippen molar-refractivity contribution < 1.29 is 9.50 Å². The van der Waals surface area contributed by atoms with E-state index in [0.29, 0.717) is 5.56 Å². The molecule has 0 unspecified atom stereocenters. The molecule has 27 heavy (non-hydrogen) atoms. The molecule has 0 radical (unpaired) electrons. The van der Waals surface area contributed by atoms with Gasteiger partial charge in [-0.3, -0.25) is 19.6 Å². The van der Waals surface area contributed by atoms with E-state index >= 15 is 0 Å². The molecule has 0 atom stereocenters. The second-order valence-electron chi connectivity index (χ2n) is 5.93. The van der Waals surface area contributed by atoms with Gasteiger partial charge in [-0.15, -0.1) is 0 Å². The molecule has 0 aliphatic rings. The zero-order valence-corrected chi connectivity index (χ0v) is 13.9. The summed E-state index contributed by atoms with van der Waals surface area (Å²) in [5, 5.41) is 10.4. The third kappa shape index (κ3) is 2.97. The largest absolute Gasteiger partial charge is 0.503 e. The van der Waals surface area contributed by atoms with Crippen molar-refractivity contribution in [2.75, 3.05) is 0 Å². The van der Waals surface area contributed by atoms with E-state index in [0.717, 1.165) is 0 Å². The van der Waals surface area contributed by atoms with Crippen LogP contribution in [0.4, 0.5) is 4.39 Å². The fraction of sp³-hybridized carbons (Fsp3) is 0.0526. The molecule has 0 aliphatic carbocycles. The highest BCUT2D eigenvalue weighted by Gasteiger charge is 2.16. The Kier molecular flexibility index (Phi) is 4.00. The number of aromatic hydroxyl groups is 1. The van der Waals surface area contributed by atoms with E-state index < -0.39 is 22.6 Å². The summed E-state index contributed by atoms with van der Waals surface area (Å²) in [7, 11) is 0. The number of benzene rings is 1. The van der Waals surface area contributed by atoms with E-state index in [2.05, 4.69) is 9.97 Å². The van der Waals surface area contributed by atoms with Crippen molar-refractivity contribution in [3.63, 3.8) is 0 Å². The topological polar surface area (TPSA) is 89.5 Å². The van der Waals surface area contributed by atoms with E-state index in [1.54, 1.807) is 12.1 Å². The summed E-state index contributed by atoms with van der Waals surface area (Å²) in [6.07, 6.45) is 8.76. The van der Waals surface area contributed by atoms with Crippen LogP contribution in [0.3, 0.4) is 0 Å². The zero-order valence-electron chi connectivity index (χ0n) is 13.9. The van der Waals surface area contributed by atoms with Crippen LogP contribution in [0.1, 0.15) is 5.56 Å². The van der Waals surface area contributed by atoms with Crippen LogP contribution < -0.4 is 11.0 Å². The van der Waals surface area contributed by atoms with Gasteiger partial charge in [0.1, 0.15) is 5.82 Å². The minimum atomic E-state index is -0.712. The van der Waals surface area contributed by atoms with Crippen LogP contribution in [0.5, 0.6) is 5.75 Å². The van der Waals surface area contributed by atoms with Crippen molar-refractivity contribution >= 4 is 5.52 Å². The van der Waals surface area contributed by atoms with Gasteiger partial charge in [-0.2, -0.15) is 0 Å². The molecule has 4 aromatic rings. The molecule has 4 rings (SSSR count). The fourth-order valence-electron chi connectivity index (χ4n) is 2.88. The highest BCUT2D eigenvalue weighted by atomic mass is 19.1. The van der Waals surface area contributed by atoms with Crippen molar-refractivity contribution in [1.29, 1.82) is 0 Å². The zero-order chi connectivity index (χ0) is 19.0. The number of aromatic nitrogens is 4. The molecule has 0 fully saturated rings. The molecule has 0 amide bonds. The lowest BCUT2D eigenvalue weighted by molar-refractivity contribution is 0.472. The molecule has 134 valence electrons. The first-order chi connectivity index (χ1) is 13.0. The Hall–Kier alpha value is -3.81. The predicted octanol–water partition coefficient (Wildman–Crippen LogP) is 1.81. The van der Waals surface area contributed by atoms with Gasteiger partial charge in [0.05, 0.1) is 24.0 Å². The standard InChI is InChI=1S/C19H13FN4O3/c20-13-3-1-2-12(8-13)10-24-7-6-23-11-14(15-9-21-4-5-22-15)17(25)18(26)16(23)19(24)27/h1-9,11,26H,10H2. The lowest BCUT2D eigenvalue weighted by Crippen LogP contribution is -2.24. The van der Waals surface area contributed by atoms with E-state index in [-0.39, 0.29) is 23.3 Å². The number of hydrogen-bond donors (Lipinski definition) is 1. The summed E-state index contributed by atoms with van der Waals surface area (Å²) >= 11 is 0. The fourth-order valence-corrected chi connectivity index (χ4v) is 2.88. The normalized spacial score (nSPS) is 11.0. The Morgan fingerprint density at radius 2 is 2.00 bits per heavy atom. The van der Waals surface area contributed by atoms with Gasteiger partial charge in [0.25, 0.3) is 5.56 Å². The maximum atomic E-state index is 13.4. The van der Waals surface area contributed by atoms with Gasteiger partial charge in [-0.05, 0) is 17.7 Å². The molecule has 3 aromatic heterocycles. The minimum Gasteiger partial charge on any atom is -0.503 e. The number of nitrogens with zero attached hydrogens (tertiary/aromatic N) is 4. The number of rotatable bonds is 3. The van der Waals surface area contributed by atoms with Gasteiger partial charge >= 0.3 is 0 Å². The van der Waals surface area contributed by atoms with Crippen molar-refractivity contribution in [3.8, 4) is 17.0 Å². The quantitative estimate of drug-likeness (QED) is 0.599. The van der Waals surface area contributed by atoms with Gasteiger partial charge in [0.15, 0.2) is 11.3 Å². The molecule has 0 saturated heterocycles. The predicted molar refractivity (Wildman–Crippen MR) is 96.1 cm³/mol. The summed E-state index contributed by atoms with van der Waals surface area (Å²) in [5.74, 6) is -1.08. The molecule has 0 aliphatic heterocycles. The average molecular weight is 364 g/mol. The Morgan fingerprint density at radius 3 is 2.74 bits per heavy atom. The van der Waals surface area contributed by atoms with Crippen molar-refractivity contribution in [3.05, 3.63) is 93.4 Å². The SMILES string of the molecule is O=c1c(-c2cnccn2)cn2ccn(Cc3cccc(F)c3)c(=O)c2c1O. The highest BCUT2D eigenvalue weighted by molar-refractivity contribution is 5.67. The minimum absolute atomic E-state index is 0.104. The van der Waals surface area contributed by atoms with E-state index in [1.165, 1.54) is 58.3 Å². The molecule has 7 nitrogen and oxygen atoms in total. The van der Waals surface area contributed by atoms with E-state index in [9.17, 15) is 19.1 Å². The Balaban J connectivity index is 1.88. The second kappa shape index (κ2) is 6.49. The van der Waals surface area contributed by atoms with Crippen LogP contribution in [0.2, 0.25) is 0 Å². The van der Waals surface area contributed by atoms with Gasteiger partial charge in [0, 0.05) is 31.0 Å². The Labute approximate surface area is 151 Å². The van der Waals surface area contributed by atoms with E-state index in [4.69, 9.17) is 0 Å². The van der Waals surface area contributed by atoms with Crippen LogP contribution in [-0.4, -0.2) is 24.0 Å². The lowest BCUT2D eigenvalue weighted by atomic mass is 10.2. The average Bonchev–Trinajstić information content (AvgIpc) is 2.67. The number of fused-ring (bicyclic) bond motifs is 1. The molecule has 1 N–H and O–H groups in total. The van der Waals surface area contributed by atoms with Gasteiger partial charge in [0.2, 0.25) is 5.43 Å². The summed E-state index contributed by atoms with van der Waals surface area (Å²) in [6.45, 7) is 0.104. The molecule has 1 aromatic carbocycles. The van der Waals surface area contributed by atoms with Crippen LogP contribution >= 0.6 is 0 Å². The maximum absolute atomic E-state index is 13.4. The Morgan fingerprint density at radius 1 is 1.15 bits per heavy atom. The van der Waals surface area contributed by atoms with Crippen LogP contribution in [0, 0.1) is 5.82 Å². The lowest BCUT2D eigenvalue weighted by Gasteiger charge is -2.11. The molecular formula is C19H13FN4O3. The third-order valence-electron chi connectivity index (χ3n) is 4.16. The van der Waals surface area contributed by atoms with Crippen LogP contribution in [0.15, 0.2) is 71.0 Å². The van der Waals surface area contributed by atoms with Gasteiger partial charge in [-0.25, -0.2) is 4.39 Å². The molecule has 0 spiro atoms. The first-order valence-electron chi connectivity index (χ1n) is 8.03. The van der Waals surface area contributed by atoms with Crippen LogP contribution in [0.25, 0.3) is 16.8 Å². The molecule has 3 heterocycles. The summed E-state index contributed by atoms with van der Waals surface area (Å²) in [6, 6.07) is 5.86. The summed E-state index contributed by atoms with van der Waals surface area (Å²) in [5.41, 5.74) is -0.444. The first kappa shape index (κ1) is 16.6. The number of hydrogen-bond acceptors (Lipinski definition) is 5. The number of pyridine rings is 1. The second-order valence-corrected chi connectivity index (χ2v) is 5.93. The smallest absolute Gasteiger partial charge is 0.279 e. The van der Waals surface area contributed by atoms with Crippen LogP contribution in [-0.2, 0) is 6.54 Å². The molecule has 0 bridgehead atoms. The highest BCUT2D eigenvalue weighted by Crippen LogP contribution is 2.17. The van der Waals surface area contributed by atoms with Crippen molar-refractivity contribution in [2.24, 2.45) is 0 Å². The van der Waals surface area contributed by atoms with Crippen molar-refractivity contribution in [1.82, 2.24) is 18.9 Å². The summed E-state index contributed by atoms with van der Waals surface area (Å²) < 4.78 is 16.0. The Bertz CT molecular complexity index is 1270. The summed E-state index contributed by atoms with van der Waals surface area (Å²) in [4.78, 5) is 33.2. The molecular weight excluding hydrogens is 351 g/mol. The third-order valence-corrected chi connectivity index (χ3v) is 4.16. The maximum Gasteiger partial charge on any atom is 0.279 e. The number of halogens is 1. The molecule has 0 saturated carbocycles. The van der Waals surface area contributed by atoms with Gasteiger partial charge in [-0.1, -0.05) is 12.1 Å². The van der Waals surface area contributed by atoms with E-state index in [1.807, 2.05) is 0 Å². The monoisotopic (exact) mass is 364 g/mol. The van der Waals surface area contributed by atoms with Gasteiger partial charge < -0.3 is 14.1 Å². The first-order valence-corrected chi connectivity index (χ1v) is 8.03.